The van der Waals surface area contributed by atoms with E-state index in [1.807, 2.05) is 0 Å². The van der Waals surface area contributed by atoms with Gasteiger partial charge in [0.15, 0.2) is 0 Å². The summed E-state index contributed by atoms with van der Waals surface area (Å²) >= 11 is 5.85. The molecule has 0 spiro atoms. The van der Waals surface area contributed by atoms with Crippen LogP contribution in [0.1, 0.15) is 96.8 Å². The van der Waals surface area contributed by atoms with Crippen LogP contribution in [0.15, 0.2) is 0 Å². The number of unbranched alkanes of at least 4 members (excludes halogenated alkanes) is 9. The molecule has 1 fully saturated rings. The Hall–Kier alpha value is 0.250. The van der Waals surface area contributed by atoms with E-state index in [0.717, 1.165) is 18.3 Å². The summed E-state index contributed by atoms with van der Waals surface area (Å²) in [6, 6.07) is 0.895. The van der Waals surface area contributed by atoms with Gasteiger partial charge in [0.2, 0.25) is 0 Å². The topological polar surface area (TPSA) is 3.24 Å². The van der Waals surface area contributed by atoms with Gasteiger partial charge < -0.3 is 4.90 Å². The highest BCUT2D eigenvalue weighted by Crippen LogP contribution is 2.25. The van der Waals surface area contributed by atoms with Crippen molar-refractivity contribution in [2.45, 2.75) is 103 Å². The smallest absolute Gasteiger partial charge is 0.0235 e. The third-order valence-electron chi connectivity index (χ3n) is 4.97. The maximum absolute atomic E-state index is 5.85. The number of nitrogens with zero attached hydrogens (tertiary/aromatic N) is 1. The summed E-state index contributed by atoms with van der Waals surface area (Å²) in [5.74, 6) is 0.821. The maximum Gasteiger partial charge on any atom is 0.0235 e. The molecule has 126 valence electrons. The molecule has 1 saturated carbocycles. The van der Waals surface area contributed by atoms with Crippen molar-refractivity contribution in [1.29, 1.82) is 0 Å². The molecular formula is C19H38ClN. The second kappa shape index (κ2) is 13.9. The number of hydrogen-bond acceptors (Lipinski definition) is 1. The molecule has 1 aliphatic carbocycles. The summed E-state index contributed by atoms with van der Waals surface area (Å²) in [5.41, 5.74) is 0. The second-order valence-electron chi connectivity index (χ2n) is 6.85. The summed E-state index contributed by atoms with van der Waals surface area (Å²) in [6.07, 6.45) is 19.8. The lowest BCUT2D eigenvalue weighted by Crippen LogP contribution is -2.41. The molecule has 0 radical (unpaired) electrons. The summed E-state index contributed by atoms with van der Waals surface area (Å²) in [6.45, 7) is 4.84. The monoisotopic (exact) mass is 315 g/mol. The van der Waals surface area contributed by atoms with E-state index >= 15 is 0 Å². The molecule has 0 aromatic heterocycles. The van der Waals surface area contributed by atoms with Crippen LogP contribution in [-0.4, -0.2) is 29.9 Å². The average molecular weight is 316 g/mol. The van der Waals surface area contributed by atoms with Crippen LogP contribution in [0.3, 0.4) is 0 Å². The van der Waals surface area contributed by atoms with Gasteiger partial charge in [-0.2, -0.15) is 0 Å². The van der Waals surface area contributed by atoms with Crippen molar-refractivity contribution in [3.05, 3.63) is 0 Å². The highest BCUT2D eigenvalue weighted by molar-refractivity contribution is 6.17. The minimum absolute atomic E-state index is 0.821. The fourth-order valence-corrected chi connectivity index (χ4v) is 3.41. The SMILES string of the molecule is CCCCCCCCCCCCN(CCCCl)C1CCC1. The van der Waals surface area contributed by atoms with Crippen LogP contribution in [0, 0.1) is 0 Å². The van der Waals surface area contributed by atoms with E-state index in [2.05, 4.69) is 11.8 Å². The number of halogens is 1. The Morgan fingerprint density at radius 3 is 1.76 bits per heavy atom. The minimum Gasteiger partial charge on any atom is -0.300 e. The fraction of sp³-hybridized carbons (Fsp3) is 1.00. The van der Waals surface area contributed by atoms with Crippen molar-refractivity contribution >= 4 is 11.6 Å². The largest absolute Gasteiger partial charge is 0.300 e. The summed E-state index contributed by atoms with van der Waals surface area (Å²) in [7, 11) is 0. The van der Waals surface area contributed by atoms with Crippen LogP contribution in [0.4, 0.5) is 0 Å². The molecule has 0 saturated heterocycles. The van der Waals surface area contributed by atoms with Crippen LogP contribution < -0.4 is 0 Å². The molecule has 0 amide bonds. The Bertz CT molecular complexity index is 216. The van der Waals surface area contributed by atoms with Crippen molar-refractivity contribution in [3.8, 4) is 0 Å². The lowest BCUT2D eigenvalue weighted by atomic mass is 9.91. The maximum atomic E-state index is 5.85. The van der Waals surface area contributed by atoms with Gasteiger partial charge in [0.1, 0.15) is 0 Å². The van der Waals surface area contributed by atoms with Gasteiger partial charge in [-0.1, -0.05) is 71.1 Å². The van der Waals surface area contributed by atoms with Crippen LogP contribution in [0.2, 0.25) is 0 Å². The zero-order valence-electron chi connectivity index (χ0n) is 14.4. The highest BCUT2D eigenvalue weighted by atomic mass is 35.5. The van der Waals surface area contributed by atoms with Gasteiger partial charge in [-0.05, 0) is 38.8 Å². The zero-order valence-corrected chi connectivity index (χ0v) is 15.2. The van der Waals surface area contributed by atoms with E-state index in [1.54, 1.807) is 0 Å². The van der Waals surface area contributed by atoms with Crippen molar-refractivity contribution in [1.82, 2.24) is 4.90 Å². The first kappa shape index (κ1) is 19.3. The van der Waals surface area contributed by atoms with E-state index < -0.39 is 0 Å². The Kier molecular flexibility index (Phi) is 12.8. The Morgan fingerprint density at radius 2 is 1.29 bits per heavy atom. The van der Waals surface area contributed by atoms with Gasteiger partial charge in [-0.25, -0.2) is 0 Å². The van der Waals surface area contributed by atoms with Gasteiger partial charge in [-0.15, -0.1) is 11.6 Å². The van der Waals surface area contributed by atoms with Gasteiger partial charge in [-0.3, -0.25) is 0 Å². The van der Waals surface area contributed by atoms with Crippen LogP contribution in [0.25, 0.3) is 0 Å². The summed E-state index contributed by atoms with van der Waals surface area (Å²) < 4.78 is 0. The van der Waals surface area contributed by atoms with Crippen molar-refractivity contribution in [2.75, 3.05) is 19.0 Å². The molecule has 0 aromatic carbocycles. The van der Waals surface area contributed by atoms with Crippen LogP contribution in [-0.2, 0) is 0 Å². The molecule has 0 bridgehead atoms. The molecule has 0 aliphatic heterocycles. The van der Waals surface area contributed by atoms with Gasteiger partial charge in [0.25, 0.3) is 0 Å². The first-order valence-corrected chi connectivity index (χ1v) is 10.2. The third-order valence-corrected chi connectivity index (χ3v) is 5.24. The van der Waals surface area contributed by atoms with Crippen LogP contribution in [0.5, 0.6) is 0 Å². The third kappa shape index (κ3) is 9.79. The quantitative estimate of drug-likeness (QED) is 0.250. The molecule has 1 nitrogen and oxygen atoms in total. The summed E-state index contributed by atoms with van der Waals surface area (Å²) in [4.78, 5) is 2.72. The Morgan fingerprint density at radius 1 is 0.762 bits per heavy atom. The molecule has 2 heteroatoms. The molecule has 21 heavy (non-hydrogen) atoms. The molecule has 0 aromatic rings. The predicted molar refractivity (Wildman–Crippen MR) is 96.4 cm³/mol. The zero-order chi connectivity index (χ0) is 15.2. The molecular weight excluding hydrogens is 278 g/mol. The Balaban J connectivity index is 1.89. The van der Waals surface area contributed by atoms with Crippen molar-refractivity contribution < 1.29 is 0 Å². The number of alkyl halides is 1. The van der Waals surface area contributed by atoms with Gasteiger partial charge >= 0.3 is 0 Å². The molecule has 0 heterocycles. The summed E-state index contributed by atoms with van der Waals surface area (Å²) in [5, 5.41) is 0. The van der Waals surface area contributed by atoms with Crippen molar-refractivity contribution in [3.63, 3.8) is 0 Å². The first-order chi connectivity index (χ1) is 10.4. The van der Waals surface area contributed by atoms with E-state index in [0.29, 0.717) is 0 Å². The standard InChI is InChI=1S/C19H38ClN/c1-2-3-4-5-6-7-8-9-10-11-17-21(18-13-16-20)19-14-12-15-19/h19H,2-18H2,1H3. The normalized spacial score (nSPS) is 15.6. The second-order valence-corrected chi connectivity index (χ2v) is 7.22. The molecule has 0 atom stereocenters. The average Bonchev–Trinajstić information content (AvgIpc) is 2.44. The molecule has 1 aliphatic rings. The predicted octanol–water partition coefficient (Wildman–Crippen LogP) is 6.39. The molecule has 0 unspecified atom stereocenters. The van der Waals surface area contributed by atoms with E-state index in [1.165, 1.54) is 96.6 Å². The minimum atomic E-state index is 0.821. The van der Waals surface area contributed by atoms with E-state index in [9.17, 15) is 0 Å². The van der Waals surface area contributed by atoms with E-state index in [-0.39, 0.29) is 0 Å². The Labute approximate surface area is 138 Å². The number of rotatable bonds is 15. The van der Waals surface area contributed by atoms with Gasteiger partial charge in [0.05, 0.1) is 0 Å². The van der Waals surface area contributed by atoms with Crippen molar-refractivity contribution in [2.24, 2.45) is 0 Å². The molecule has 0 N–H and O–H groups in total. The van der Waals surface area contributed by atoms with Gasteiger partial charge in [0, 0.05) is 11.9 Å². The van der Waals surface area contributed by atoms with E-state index in [4.69, 9.17) is 11.6 Å². The van der Waals surface area contributed by atoms with Crippen LogP contribution >= 0.6 is 11.6 Å². The first-order valence-electron chi connectivity index (χ1n) is 9.68. The molecule has 1 rings (SSSR count). The highest BCUT2D eigenvalue weighted by Gasteiger charge is 2.23. The fourth-order valence-electron chi connectivity index (χ4n) is 3.29. The number of hydrogen-bond donors (Lipinski definition) is 0. The lowest BCUT2D eigenvalue weighted by Gasteiger charge is -2.37. The lowest BCUT2D eigenvalue weighted by molar-refractivity contribution is 0.125.